The molecule has 1 atom stereocenters. The summed E-state index contributed by atoms with van der Waals surface area (Å²) in [6, 6.07) is 13.4. The van der Waals surface area contributed by atoms with E-state index < -0.39 is 0 Å². The molecule has 1 amide bonds. The molecule has 136 valence electrons. The highest BCUT2D eigenvalue weighted by Gasteiger charge is 2.21. The summed E-state index contributed by atoms with van der Waals surface area (Å²) in [5.74, 6) is 1.35. The highest BCUT2D eigenvalue weighted by Crippen LogP contribution is 2.35. The van der Waals surface area contributed by atoms with Gasteiger partial charge in [0.25, 0.3) is 5.91 Å². The maximum Gasteiger partial charge on any atom is 0.278 e. The van der Waals surface area contributed by atoms with Gasteiger partial charge in [0, 0.05) is 35.6 Å². The molecular weight excluding hydrogens is 354 g/mol. The second kappa shape index (κ2) is 7.68. The zero-order valence-electron chi connectivity index (χ0n) is 14.1. The number of ether oxygens (including phenoxy) is 2. The Labute approximate surface area is 157 Å². The van der Waals surface area contributed by atoms with Crippen LogP contribution >= 0.6 is 0 Å². The molecule has 2 aromatic carbocycles. The molecule has 0 unspecified atom stereocenters. The minimum atomic E-state index is -0.367. The van der Waals surface area contributed by atoms with Crippen LogP contribution in [0.15, 0.2) is 48.7 Å². The Morgan fingerprint density at radius 3 is 2.88 bits per heavy atom. The van der Waals surface area contributed by atoms with Gasteiger partial charge in [0.15, 0.2) is 17.5 Å². The van der Waals surface area contributed by atoms with Crippen molar-refractivity contribution in [2.45, 2.75) is 19.0 Å². The first-order valence-electron chi connectivity index (χ1n) is 8.25. The van der Waals surface area contributed by atoms with Crippen LogP contribution in [0.5, 0.6) is 11.5 Å². The molecule has 0 radical (unpaired) electrons. The molecule has 26 heavy (non-hydrogen) atoms. The summed E-state index contributed by atoms with van der Waals surface area (Å²) in [6.45, 7) is 0.615. The van der Waals surface area contributed by atoms with Crippen molar-refractivity contribution in [1.82, 2.24) is 10.3 Å². The third-order valence-corrected chi connectivity index (χ3v) is 4.44. The molecule has 0 fully saturated rings. The molecule has 3 aromatic rings. The Bertz CT molecular complexity index is 925. The smallest absolute Gasteiger partial charge is 0.278 e. The zero-order chi connectivity index (χ0) is 17.2. The molecule has 1 aliphatic heterocycles. The molecule has 1 aliphatic rings. The molecule has 2 heterocycles. The number of para-hydroxylation sites is 2. The number of H-pyrrole nitrogens is 1. The third kappa shape index (κ3) is 3.47. The number of benzene rings is 2. The molecule has 5 N–H and O–H groups in total. The second-order valence-electron chi connectivity index (χ2n) is 6.13. The first-order valence-corrected chi connectivity index (χ1v) is 8.25. The first-order chi connectivity index (χ1) is 12.2. The Kier molecular flexibility index (Phi) is 5.35. The fraction of sp³-hybridized carbons (Fsp3) is 0.211. The van der Waals surface area contributed by atoms with Gasteiger partial charge in [0.1, 0.15) is 0 Å². The SMILES string of the molecule is [Cl-].[NH3+][C@@H](Cc1c[nH]c2ccccc12)C(=O)NCc1cccc2c1OCO2. The van der Waals surface area contributed by atoms with E-state index in [2.05, 4.69) is 22.1 Å². The molecule has 6 nitrogen and oxygen atoms in total. The second-order valence-corrected chi connectivity index (χ2v) is 6.13. The van der Waals surface area contributed by atoms with E-state index >= 15 is 0 Å². The Hall–Kier alpha value is -2.70. The molecule has 1 aromatic heterocycles. The molecule has 7 heteroatoms. The van der Waals surface area contributed by atoms with Gasteiger partial charge in [-0.25, -0.2) is 0 Å². The summed E-state index contributed by atoms with van der Waals surface area (Å²) in [4.78, 5) is 15.7. The number of hydrogen-bond donors (Lipinski definition) is 3. The van der Waals surface area contributed by atoms with E-state index in [0.717, 1.165) is 27.8 Å². The lowest BCUT2D eigenvalue weighted by molar-refractivity contribution is -0.403. The summed E-state index contributed by atoms with van der Waals surface area (Å²) in [6.07, 6.45) is 2.54. The number of carbonyl (C=O) groups is 1. The van der Waals surface area contributed by atoms with E-state index in [-0.39, 0.29) is 31.1 Å². The van der Waals surface area contributed by atoms with E-state index in [1.807, 2.05) is 42.6 Å². The Morgan fingerprint density at radius 1 is 1.15 bits per heavy atom. The summed E-state index contributed by atoms with van der Waals surface area (Å²) in [5.41, 5.74) is 7.10. The molecular formula is C19H20ClN3O3. The number of amides is 1. The molecule has 4 rings (SSSR count). The minimum Gasteiger partial charge on any atom is -1.00 e. The summed E-state index contributed by atoms with van der Waals surface area (Å²) in [5, 5.41) is 4.08. The highest BCUT2D eigenvalue weighted by atomic mass is 35.5. The Balaban J connectivity index is 0.00000196. The average molecular weight is 374 g/mol. The van der Waals surface area contributed by atoms with Crippen molar-refractivity contribution in [2.24, 2.45) is 0 Å². The van der Waals surface area contributed by atoms with Gasteiger partial charge < -0.3 is 37.9 Å². The maximum absolute atomic E-state index is 12.4. The number of halogens is 1. The summed E-state index contributed by atoms with van der Waals surface area (Å²) >= 11 is 0. The monoisotopic (exact) mass is 373 g/mol. The number of hydrogen-bond acceptors (Lipinski definition) is 3. The zero-order valence-corrected chi connectivity index (χ0v) is 14.9. The lowest BCUT2D eigenvalue weighted by atomic mass is 10.0. The predicted octanol–water partition coefficient (Wildman–Crippen LogP) is -1.63. The quantitative estimate of drug-likeness (QED) is 0.501. The van der Waals surface area contributed by atoms with Crippen molar-refractivity contribution >= 4 is 16.8 Å². The van der Waals surface area contributed by atoms with Crippen LogP contribution in [0.2, 0.25) is 0 Å². The van der Waals surface area contributed by atoms with E-state index in [1.165, 1.54) is 0 Å². The maximum atomic E-state index is 12.4. The minimum absolute atomic E-state index is 0. The topological polar surface area (TPSA) is 91.0 Å². The van der Waals surface area contributed by atoms with Crippen LogP contribution in [-0.4, -0.2) is 23.7 Å². The first kappa shape index (κ1) is 18.1. The van der Waals surface area contributed by atoms with Gasteiger partial charge in [0.2, 0.25) is 6.79 Å². The number of aromatic nitrogens is 1. The van der Waals surface area contributed by atoms with Crippen molar-refractivity contribution in [3.8, 4) is 11.5 Å². The van der Waals surface area contributed by atoms with E-state index in [1.54, 1.807) is 0 Å². The van der Waals surface area contributed by atoms with Crippen LogP contribution in [0.1, 0.15) is 11.1 Å². The van der Waals surface area contributed by atoms with Crippen molar-refractivity contribution in [3.63, 3.8) is 0 Å². The van der Waals surface area contributed by atoms with Crippen LogP contribution in [0.3, 0.4) is 0 Å². The highest BCUT2D eigenvalue weighted by molar-refractivity contribution is 5.85. The van der Waals surface area contributed by atoms with E-state index in [9.17, 15) is 4.79 Å². The van der Waals surface area contributed by atoms with Gasteiger partial charge in [-0.2, -0.15) is 0 Å². The lowest BCUT2D eigenvalue weighted by Crippen LogP contribution is -3.00. The van der Waals surface area contributed by atoms with Crippen LogP contribution in [0, 0.1) is 0 Å². The average Bonchev–Trinajstić information content (AvgIpc) is 3.27. The van der Waals surface area contributed by atoms with Crippen molar-refractivity contribution < 1.29 is 32.4 Å². The van der Waals surface area contributed by atoms with E-state index in [0.29, 0.717) is 18.7 Å². The number of aromatic amines is 1. The van der Waals surface area contributed by atoms with Gasteiger partial charge in [0.05, 0.1) is 0 Å². The predicted molar refractivity (Wildman–Crippen MR) is 93.1 cm³/mol. The number of carbonyl (C=O) groups excluding carboxylic acids is 1. The van der Waals surface area contributed by atoms with Crippen LogP contribution in [0.4, 0.5) is 0 Å². The molecule has 0 saturated carbocycles. The van der Waals surface area contributed by atoms with Gasteiger partial charge in [-0.1, -0.05) is 30.3 Å². The summed E-state index contributed by atoms with van der Waals surface area (Å²) < 4.78 is 10.8. The molecule has 0 bridgehead atoms. The van der Waals surface area contributed by atoms with Gasteiger partial charge in [-0.3, -0.25) is 4.79 Å². The number of rotatable bonds is 5. The fourth-order valence-electron chi connectivity index (χ4n) is 3.12. The molecule has 0 spiro atoms. The third-order valence-electron chi connectivity index (χ3n) is 4.44. The largest absolute Gasteiger partial charge is 1.00 e. The standard InChI is InChI=1S/C19H19N3O3.ClH/c20-15(8-13-10-21-16-6-2-1-5-14(13)16)19(23)22-9-12-4-3-7-17-18(12)25-11-24-17;/h1-7,10,15,21H,8-9,11,20H2,(H,22,23);1H/t15-;/m0./s1. The van der Waals surface area contributed by atoms with Crippen LogP contribution in [-0.2, 0) is 17.8 Å². The van der Waals surface area contributed by atoms with Crippen LogP contribution < -0.4 is 32.9 Å². The Morgan fingerprint density at radius 2 is 2.00 bits per heavy atom. The number of quaternary nitrogens is 1. The van der Waals surface area contributed by atoms with Gasteiger partial charge >= 0.3 is 0 Å². The normalized spacial score (nSPS) is 13.3. The van der Waals surface area contributed by atoms with Crippen molar-refractivity contribution in [3.05, 3.63) is 59.8 Å². The number of nitrogens with one attached hydrogen (secondary N) is 2. The molecule has 0 saturated heterocycles. The van der Waals surface area contributed by atoms with Gasteiger partial charge in [-0.15, -0.1) is 0 Å². The fourth-order valence-corrected chi connectivity index (χ4v) is 3.12. The van der Waals surface area contributed by atoms with E-state index in [4.69, 9.17) is 9.47 Å². The van der Waals surface area contributed by atoms with Gasteiger partial charge in [-0.05, 0) is 17.7 Å². The summed E-state index contributed by atoms with van der Waals surface area (Å²) in [7, 11) is 0. The number of fused-ring (bicyclic) bond motifs is 2. The molecule has 0 aliphatic carbocycles. The van der Waals surface area contributed by atoms with Crippen molar-refractivity contribution in [1.29, 1.82) is 0 Å². The lowest BCUT2D eigenvalue weighted by Gasteiger charge is -2.11. The van der Waals surface area contributed by atoms with Crippen LogP contribution in [0.25, 0.3) is 10.9 Å². The van der Waals surface area contributed by atoms with Crippen molar-refractivity contribution in [2.75, 3.05) is 6.79 Å².